The minimum Gasteiger partial charge on any atom is -0.508 e. The van der Waals surface area contributed by atoms with Crippen LogP contribution >= 0.6 is 15.9 Å². The number of hydrogen-bond donors (Lipinski definition) is 1. The van der Waals surface area contributed by atoms with E-state index < -0.39 is 0 Å². The molecule has 4 heteroatoms. The van der Waals surface area contributed by atoms with Gasteiger partial charge in [0.1, 0.15) is 5.75 Å². The summed E-state index contributed by atoms with van der Waals surface area (Å²) < 4.78 is 3.27. The van der Waals surface area contributed by atoms with E-state index in [-0.39, 0.29) is 5.75 Å². The van der Waals surface area contributed by atoms with Crippen molar-refractivity contribution in [1.82, 2.24) is 4.57 Å². The van der Waals surface area contributed by atoms with Crippen LogP contribution in [0.2, 0.25) is 0 Å². The molecule has 1 aromatic heterocycles. The van der Waals surface area contributed by atoms with Crippen LogP contribution < -0.4 is 0 Å². The summed E-state index contributed by atoms with van der Waals surface area (Å²) >= 11 is 3.47. The Kier molecular flexibility index (Phi) is 4.35. The van der Waals surface area contributed by atoms with Gasteiger partial charge in [-0.05, 0) is 56.3 Å². The zero-order chi connectivity index (χ0) is 16.4. The first kappa shape index (κ1) is 15.6. The first-order chi connectivity index (χ1) is 11.0. The van der Waals surface area contributed by atoms with Gasteiger partial charge in [-0.15, -0.1) is 0 Å². The Morgan fingerprint density at radius 1 is 1.04 bits per heavy atom. The van der Waals surface area contributed by atoms with E-state index >= 15 is 0 Å². The zero-order valence-electron chi connectivity index (χ0n) is 13.0. The molecule has 0 aliphatic rings. The zero-order valence-corrected chi connectivity index (χ0v) is 14.6. The Morgan fingerprint density at radius 2 is 1.78 bits per heavy atom. The largest absolute Gasteiger partial charge is 0.508 e. The minimum absolute atomic E-state index is 0.222. The van der Waals surface area contributed by atoms with Gasteiger partial charge in [-0.3, -0.25) is 4.99 Å². The van der Waals surface area contributed by atoms with Gasteiger partial charge >= 0.3 is 0 Å². The maximum absolute atomic E-state index is 9.50. The molecule has 23 heavy (non-hydrogen) atoms. The van der Waals surface area contributed by atoms with E-state index in [0.29, 0.717) is 0 Å². The molecule has 0 amide bonds. The Bertz CT molecular complexity index is 864. The van der Waals surface area contributed by atoms with E-state index in [2.05, 4.69) is 57.5 Å². The number of phenols is 1. The lowest BCUT2D eigenvalue weighted by Crippen LogP contribution is -1.99. The van der Waals surface area contributed by atoms with Gasteiger partial charge < -0.3 is 9.67 Å². The van der Waals surface area contributed by atoms with Gasteiger partial charge in [0, 0.05) is 39.4 Å². The topological polar surface area (TPSA) is 37.5 Å². The van der Waals surface area contributed by atoms with E-state index in [1.165, 1.54) is 0 Å². The van der Waals surface area contributed by atoms with Crippen molar-refractivity contribution in [2.24, 2.45) is 4.99 Å². The summed E-state index contributed by atoms with van der Waals surface area (Å²) in [4.78, 5) is 4.45. The van der Waals surface area contributed by atoms with Crippen LogP contribution in [0, 0.1) is 13.8 Å². The molecule has 1 N–H and O–H groups in total. The van der Waals surface area contributed by atoms with Gasteiger partial charge in [0.05, 0.1) is 5.69 Å². The number of aromatic hydroxyl groups is 1. The lowest BCUT2D eigenvalue weighted by Gasteiger charge is -2.09. The molecule has 3 aromatic rings. The van der Waals surface area contributed by atoms with Gasteiger partial charge in [0.25, 0.3) is 0 Å². The Morgan fingerprint density at radius 3 is 2.48 bits per heavy atom. The van der Waals surface area contributed by atoms with Crippen molar-refractivity contribution < 1.29 is 5.11 Å². The molecule has 0 atom stereocenters. The summed E-state index contributed by atoms with van der Waals surface area (Å²) in [6.07, 6.45) is 1.84. The average Bonchev–Trinajstić information content (AvgIpc) is 2.81. The molecule has 0 aliphatic carbocycles. The van der Waals surface area contributed by atoms with Crippen LogP contribution in [0.5, 0.6) is 5.75 Å². The van der Waals surface area contributed by atoms with E-state index in [4.69, 9.17) is 0 Å². The van der Waals surface area contributed by atoms with E-state index in [9.17, 15) is 5.11 Å². The number of nitrogens with zero attached hydrogens (tertiary/aromatic N) is 2. The highest BCUT2D eigenvalue weighted by atomic mass is 79.9. The maximum atomic E-state index is 9.50. The lowest BCUT2D eigenvalue weighted by molar-refractivity contribution is 0.475. The summed E-state index contributed by atoms with van der Waals surface area (Å²) in [7, 11) is 0. The molecule has 0 bridgehead atoms. The normalized spacial score (nSPS) is 11.3. The monoisotopic (exact) mass is 368 g/mol. The summed E-state index contributed by atoms with van der Waals surface area (Å²) in [6, 6.07) is 17.3. The number of phenolic OH excluding ortho intramolecular Hbond substituents is 1. The van der Waals surface area contributed by atoms with Crippen molar-refractivity contribution in [2.75, 3.05) is 0 Å². The highest BCUT2D eigenvalue weighted by molar-refractivity contribution is 9.10. The van der Waals surface area contributed by atoms with Crippen LogP contribution in [0.4, 0.5) is 5.69 Å². The fraction of sp³-hybridized carbons (Fsp3) is 0.105. The summed E-state index contributed by atoms with van der Waals surface area (Å²) in [5.74, 6) is 0.222. The van der Waals surface area contributed by atoms with Gasteiger partial charge in [-0.1, -0.05) is 22.0 Å². The molecule has 2 aromatic carbocycles. The second kappa shape index (κ2) is 6.42. The van der Waals surface area contributed by atoms with E-state index in [0.717, 1.165) is 32.8 Å². The van der Waals surface area contributed by atoms with Crippen LogP contribution in [0.25, 0.3) is 5.69 Å². The minimum atomic E-state index is 0.222. The molecule has 0 aliphatic heterocycles. The molecule has 3 rings (SSSR count). The van der Waals surface area contributed by atoms with Gasteiger partial charge in [-0.2, -0.15) is 0 Å². The maximum Gasteiger partial charge on any atom is 0.117 e. The molecule has 0 fully saturated rings. The third-order valence-electron chi connectivity index (χ3n) is 3.74. The molecule has 1 heterocycles. The van der Waals surface area contributed by atoms with Crippen LogP contribution in [0.3, 0.4) is 0 Å². The van der Waals surface area contributed by atoms with Crippen LogP contribution in [-0.4, -0.2) is 15.9 Å². The third kappa shape index (κ3) is 3.37. The Balaban J connectivity index is 1.96. The van der Waals surface area contributed by atoms with Crippen LogP contribution in [-0.2, 0) is 0 Å². The molecular formula is C19H17BrN2O. The highest BCUT2D eigenvalue weighted by Gasteiger charge is 2.09. The van der Waals surface area contributed by atoms with Crippen molar-refractivity contribution in [3.05, 3.63) is 76.0 Å². The molecule has 0 saturated heterocycles. The molecule has 0 saturated carbocycles. The molecule has 116 valence electrons. The summed E-state index contributed by atoms with van der Waals surface area (Å²) in [5, 5.41) is 9.50. The highest BCUT2D eigenvalue weighted by Crippen LogP contribution is 2.23. The number of aromatic nitrogens is 1. The number of aliphatic imine (C=N–C) groups is 1. The van der Waals surface area contributed by atoms with Crippen molar-refractivity contribution in [3.8, 4) is 11.4 Å². The quantitative estimate of drug-likeness (QED) is 0.624. The SMILES string of the molecule is Cc1cc(C=Nc2cccc(O)c2)c(C)n1-c1ccc(Br)cc1. The Hall–Kier alpha value is -2.33. The lowest BCUT2D eigenvalue weighted by atomic mass is 10.2. The van der Waals surface area contributed by atoms with Gasteiger partial charge in [-0.25, -0.2) is 0 Å². The van der Waals surface area contributed by atoms with Crippen LogP contribution in [0.15, 0.2) is 64.1 Å². The molecule has 3 nitrogen and oxygen atoms in total. The molecule has 0 unspecified atom stereocenters. The van der Waals surface area contributed by atoms with Crippen molar-refractivity contribution in [2.45, 2.75) is 13.8 Å². The fourth-order valence-corrected chi connectivity index (χ4v) is 2.89. The number of benzene rings is 2. The standard InChI is InChI=1S/C19H17BrN2O/c1-13-10-15(12-21-17-4-3-5-19(23)11-17)14(2)22(13)18-8-6-16(20)7-9-18/h3-12,23H,1-2H3. The predicted molar refractivity (Wildman–Crippen MR) is 98.3 cm³/mol. The van der Waals surface area contributed by atoms with Gasteiger partial charge in [0.15, 0.2) is 0 Å². The van der Waals surface area contributed by atoms with Crippen molar-refractivity contribution in [1.29, 1.82) is 0 Å². The summed E-state index contributed by atoms with van der Waals surface area (Å²) in [6.45, 7) is 4.17. The predicted octanol–water partition coefficient (Wildman–Crippen LogP) is 5.31. The second-order valence-corrected chi connectivity index (χ2v) is 6.33. The summed E-state index contributed by atoms with van der Waals surface area (Å²) in [5.41, 5.74) is 5.21. The van der Waals surface area contributed by atoms with Crippen LogP contribution in [0.1, 0.15) is 17.0 Å². The first-order valence-corrected chi connectivity index (χ1v) is 8.12. The number of halogens is 1. The Labute approximate surface area is 144 Å². The number of rotatable bonds is 3. The smallest absolute Gasteiger partial charge is 0.117 e. The number of hydrogen-bond acceptors (Lipinski definition) is 2. The number of aryl methyl sites for hydroxylation is 1. The van der Waals surface area contributed by atoms with Gasteiger partial charge in [0.2, 0.25) is 0 Å². The van der Waals surface area contributed by atoms with E-state index in [1.807, 2.05) is 24.4 Å². The molecular weight excluding hydrogens is 352 g/mol. The van der Waals surface area contributed by atoms with Crippen molar-refractivity contribution >= 4 is 27.8 Å². The van der Waals surface area contributed by atoms with E-state index in [1.54, 1.807) is 18.2 Å². The third-order valence-corrected chi connectivity index (χ3v) is 4.27. The second-order valence-electron chi connectivity index (χ2n) is 5.42. The van der Waals surface area contributed by atoms with Crippen molar-refractivity contribution in [3.63, 3.8) is 0 Å². The first-order valence-electron chi connectivity index (χ1n) is 7.32. The molecule has 0 radical (unpaired) electrons. The molecule has 0 spiro atoms. The fourth-order valence-electron chi connectivity index (χ4n) is 2.62. The average molecular weight is 369 g/mol.